The Morgan fingerprint density at radius 2 is 1.78 bits per heavy atom. The van der Waals surface area contributed by atoms with Crippen LogP contribution in [0.1, 0.15) is 47.7 Å². The maximum Gasteiger partial charge on any atom is 0.338 e. The number of benzene rings is 2. The first kappa shape index (κ1) is 22.5. The number of hydrogen-bond donors (Lipinski definition) is 0. The molecule has 0 bridgehead atoms. The van der Waals surface area contributed by atoms with Crippen LogP contribution in [0.4, 0.5) is 5.69 Å². The molecular formula is C24H28N2O5S. The van der Waals surface area contributed by atoms with Crippen LogP contribution in [-0.2, 0) is 26.0 Å². The summed E-state index contributed by atoms with van der Waals surface area (Å²) in [5, 5.41) is 0. The summed E-state index contributed by atoms with van der Waals surface area (Å²) in [6.07, 6.45) is 3.44. The number of anilines is 1. The highest BCUT2D eigenvalue weighted by Crippen LogP contribution is 2.32. The Labute approximate surface area is 189 Å². The molecule has 2 aromatic rings. The van der Waals surface area contributed by atoms with E-state index in [2.05, 4.69) is 0 Å². The number of amides is 1. The first-order valence-electron chi connectivity index (χ1n) is 11.0. The standard InChI is InChI=1S/C24H28N2O5S/c1-17-10-11-20(15-22(17)32(29,30)25-12-6-3-7-13-25)24(28)31-16-23(27)26-18(2)14-19-8-4-5-9-21(19)26/h4-5,8-11,15,18H,3,6-7,12-14,16H2,1-2H3/t18-/m0/s1. The Bertz CT molecular complexity index is 1140. The number of carbonyl (C=O) groups excluding carboxylic acids is 2. The predicted molar refractivity (Wildman–Crippen MR) is 121 cm³/mol. The second kappa shape index (κ2) is 9.03. The molecule has 1 amide bonds. The van der Waals surface area contributed by atoms with Crippen molar-refractivity contribution in [3.63, 3.8) is 0 Å². The zero-order chi connectivity index (χ0) is 22.9. The molecule has 2 aliphatic heterocycles. The number of rotatable bonds is 5. The molecule has 170 valence electrons. The van der Waals surface area contributed by atoms with Gasteiger partial charge in [-0.15, -0.1) is 0 Å². The number of aryl methyl sites for hydroxylation is 1. The number of nitrogens with zero attached hydrogens (tertiary/aromatic N) is 2. The van der Waals surface area contributed by atoms with E-state index in [4.69, 9.17) is 4.74 Å². The molecule has 0 saturated carbocycles. The lowest BCUT2D eigenvalue weighted by Crippen LogP contribution is -2.38. The number of sulfonamides is 1. The Morgan fingerprint density at radius 1 is 1.06 bits per heavy atom. The second-order valence-electron chi connectivity index (χ2n) is 8.47. The van der Waals surface area contributed by atoms with Crippen molar-refractivity contribution in [1.29, 1.82) is 0 Å². The molecule has 0 spiro atoms. The summed E-state index contributed by atoms with van der Waals surface area (Å²) in [5.74, 6) is -1.02. The van der Waals surface area contributed by atoms with Crippen molar-refractivity contribution in [2.24, 2.45) is 0 Å². The zero-order valence-corrected chi connectivity index (χ0v) is 19.2. The summed E-state index contributed by atoms with van der Waals surface area (Å²) in [6.45, 7) is 4.24. The molecule has 0 unspecified atom stereocenters. The largest absolute Gasteiger partial charge is 0.452 e. The number of carbonyl (C=O) groups is 2. The van der Waals surface area contributed by atoms with E-state index in [1.165, 1.54) is 16.4 Å². The third kappa shape index (κ3) is 4.29. The van der Waals surface area contributed by atoms with E-state index in [1.54, 1.807) is 17.9 Å². The van der Waals surface area contributed by atoms with Crippen molar-refractivity contribution in [3.8, 4) is 0 Å². The first-order chi connectivity index (χ1) is 15.3. The van der Waals surface area contributed by atoms with Crippen LogP contribution in [-0.4, -0.2) is 50.3 Å². The molecule has 1 saturated heterocycles. The number of esters is 1. The Morgan fingerprint density at radius 3 is 2.53 bits per heavy atom. The van der Waals surface area contributed by atoms with Crippen molar-refractivity contribution in [1.82, 2.24) is 4.31 Å². The van der Waals surface area contributed by atoms with Crippen LogP contribution >= 0.6 is 0 Å². The minimum Gasteiger partial charge on any atom is -0.452 e. The van der Waals surface area contributed by atoms with E-state index in [9.17, 15) is 18.0 Å². The van der Waals surface area contributed by atoms with Crippen molar-refractivity contribution in [3.05, 3.63) is 59.2 Å². The van der Waals surface area contributed by atoms with E-state index in [-0.39, 0.29) is 22.4 Å². The fourth-order valence-electron chi connectivity index (χ4n) is 4.48. The summed E-state index contributed by atoms with van der Waals surface area (Å²) >= 11 is 0. The third-order valence-corrected chi connectivity index (χ3v) is 8.20. The lowest BCUT2D eigenvalue weighted by atomic mass is 10.1. The van der Waals surface area contributed by atoms with Gasteiger partial charge in [-0.05, 0) is 62.4 Å². The quantitative estimate of drug-likeness (QED) is 0.645. The summed E-state index contributed by atoms with van der Waals surface area (Å²) in [4.78, 5) is 27.2. The highest BCUT2D eigenvalue weighted by atomic mass is 32.2. The smallest absolute Gasteiger partial charge is 0.338 e. The molecule has 32 heavy (non-hydrogen) atoms. The normalized spacial score (nSPS) is 18.9. The predicted octanol–water partition coefficient (Wildman–Crippen LogP) is 3.30. The average molecular weight is 457 g/mol. The van der Waals surface area contributed by atoms with E-state index in [0.717, 1.165) is 36.9 Å². The number of para-hydroxylation sites is 1. The molecule has 0 N–H and O–H groups in total. The highest BCUT2D eigenvalue weighted by molar-refractivity contribution is 7.89. The summed E-state index contributed by atoms with van der Waals surface area (Å²) in [6, 6.07) is 12.2. The van der Waals surface area contributed by atoms with Crippen LogP contribution in [0.5, 0.6) is 0 Å². The molecule has 8 heteroatoms. The van der Waals surface area contributed by atoms with Gasteiger partial charge in [0.1, 0.15) is 0 Å². The van der Waals surface area contributed by atoms with Crippen LogP contribution in [0.3, 0.4) is 0 Å². The summed E-state index contributed by atoms with van der Waals surface area (Å²) < 4.78 is 32.9. The lowest BCUT2D eigenvalue weighted by Gasteiger charge is -2.26. The molecule has 4 rings (SSSR count). The van der Waals surface area contributed by atoms with Crippen molar-refractivity contribution < 1.29 is 22.7 Å². The topological polar surface area (TPSA) is 84.0 Å². The van der Waals surface area contributed by atoms with Gasteiger partial charge >= 0.3 is 5.97 Å². The van der Waals surface area contributed by atoms with Gasteiger partial charge in [0.25, 0.3) is 5.91 Å². The fraction of sp³-hybridized carbons (Fsp3) is 0.417. The SMILES string of the molecule is Cc1ccc(C(=O)OCC(=O)N2c3ccccc3C[C@@H]2C)cc1S(=O)(=O)N1CCCCC1. The van der Waals surface area contributed by atoms with Gasteiger partial charge in [0.15, 0.2) is 6.61 Å². The van der Waals surface area contributed by atoms with Gasteiger partial charge in [0.05, 0.1) is 10.5 Å². The van der Waals surface area contributed by atoms with Crippen molar-refractivity contribution in [2.75, 3.05) is 24.6 Å². The molecular weight excluding hydrogens is 428 g/mol. The van der Waals surface area contributed by atoms with Crippen LogP contribution in [0.2, 0.25) is 0 Å². The Balaban J connectivity index is 1.47. The Kier molecular flexibility index (Phi) is 6.35. The number of ether oxygens (including phenoxy) is 1. The minimum atomic E-state index is -3.68. The molecule has 1 fully saturated rings. The fourth-order valence-corrected chi connectivity index (χ4v) is 6.24. The molecule has 0 aromatic heterocycles. The Hall–Kier alpha value is -2.71. The first-order valence-corrected chi connectivity index (χ1v) is 12.4. The van der Waals surface area contributed by atoms with Crippen LogP contribution in [0.15, 0.2) is 47.4 Å². The van der Waals surface area contributed by atoms with Gasteiger partial charge in [-0.2, -0.15) is 4.31 Å². The number of hydrogen-bond acceptors (Lipinski definition) is 5. The van der Waals surface area contributed by atoms with Crippen molar-refractivity contribution >= 4 is 27.6 Å². The average Bonchev–Trinajstić information content (AvgIpc) is 3.13. The van der Waals surface area contributed by atoms with Gasteiger partial charge in [-0.1, -0.05) is 30.7 Å². The third-order valence-electron chi connectivity index (χ3n) is 6.16. The molecule has 2 aromatic carbocycles. The molecule has 7 nitrogen and oxygen atoms in total. The van der Waals surface area contributed by atoms with Crippen molar-refractivity contribution in [2.45, 2.75) is 50.5 Å². The van der Waals surface area contributed by atoms with Crippen LogP contribution < -0.4 is 4.90 Å². The lowest BCUT2D eigenvalue weighted by molar-refractivity contribution is -0.122. The van der Waals surface area contributed by atoms with E-state index < -0.39 is 22.6 Å². The van der Waals surface area contributed by atoms with E-state index in [0.29, 0.717) is 18.7 Å². The summed E-state index contributed by atoms with van der Waals surface area (Å²) in [7, 11) is -3.68. The molecule has 0 aliphatic carbocycles. The molecule has 1 atom stereocenters. The van der Waals surface area contributed by atoms with E-state index in [1.807, 2.05) is 31.2 Å². The van der Waals surface area contributed by atoms with Gasteiger partial charge in [-0.3, -0.25) is 4.79 Å². The second-order valence-corrected chi connectivity index (χ2v) is 10.4. The molecule has 0 radical (unpaired) electrons. The molecule has 2 heterocycles. The van der Waals surface area contributed by atoms with Gasteiger partial charge in [0.2, 0.25) is 10.0 Å². The maximum atomic E-state index is 13.1. The van der Waals surface area contributed by atoms with Crippen LogP contribution in [0, 0.1) is 6.92 Å². The highest BCUT2D eigenvalue weighted by Gasteiger charge is 2.32. The van der Waals surface area contributed by atoms with E-state index >= 15 is 0 Å². The molecule has 2 aliphatic rings. The number of piperidine rings is 1. The van der Waals surface area contributed by atoms with Gasteiger partial charge in [0, 0.05) is 24.8 Å². The number of fused-ring (bicyclic) bond motifs is 1. The summed E-state index contributed by atoms with van der Waals surface area (Å²) in [5.41, 5.74) is 2.62. The minimum absolute atomic E-state index is 0.0146. The maximum absolute atomic E-state index is 13.1. The van der Waals surface area contributed by atoms with Gasteiger partial charge < -0.3 is 9.64 Å². The monoisotopic (exact) mass is 456 g/mol. The van der Waals surface area contributed by atoms with Gasteiger partial charge in [-0.25, -0.2) is 13.2 Å². The zero-order valence-electron chi connectivity index (χ0n) is 18.4. The van der Waals surface area contributed by atoms with Crippen LogP contribution in [0.25, 0.3) is 0 Å².